The first-order valence-electron chi connectivity index (χ1n) is 6.79. The van der Waals surface area contributed by atoms with Crippen molar-refractivity contribution >= 4 is 6.09 Å². The largest absolute Gasteiger partial charge is 0.450 e. The third-order valence-electron chi connectivity index (χ3n) is 2.15. The van der Waals surface area contributed by atoms with E-state index in [4.69, 9.17) is 4.74 Å². The molecule has 19 heavy (non-hydrogen) atoms. The van der Waals surface area contributed by atoms with Crippen molar-refractivity contribution in [1.82, 2.24) is 5.32 Å². The molecule has 0 aliphatic carbocycles. The Bertz CT molecular complexity index is 327. The van der Waals surface area contributed by atoms with E-state index in [2.05, 4.69) is 19.2 Å². The summed E-state index contributed by atoms with van der Waals surface area (Å²) >= 11 is 0. The number of benzene rings is 1. The molecule has 4 nitrogen and oxygen atoms in total. The monoisotopic (exact) mass is 267 g/mol. The number of amides is 1. The Morgan fingerprint density at radius 3 is 2.37 bits per heavy atom. The first kappa shape index (κ1) is 17.4. The Hall–Kier alpha value is -1.55. The van der Waals surface area contributed by atoms with Crippen LogP contribution in [0.3, 0.4) is 0 Å². The van der Waals surface area contributed by atoms with E-state index < -0.39 is 12.2 Å². The summed E-state index contributed by atoms with van der Waals surface area (Å²) in [6.07, 6.45) is 0.730. The number of hydrogen-bond donors (Lipinski definition) is 2. The number of nitrogens with one attached hydrogen (secondary N) is 1. The van der Waals surface area contributed by atoms with Gasteiger partial charge in [0.2, 0.25) is 0 Å². The molecule has 0 aliphatic heterocycles. The average Bonchev–Trinajstić information content (AvgIpc) is 2.41. The number of aliphatic hydroxyl groups is 1. The van der Waals surface area contributed by atoms with Gasteiger partial charge in [-0.1, -0.05) is 50.6 Å². The van der Waals surface area contributed by atoms with Crippen LogP contribution in [0.5, 0.6) is 0 Å². The molecule has 2 N–H and O–H groups in total. The van der Waals surface area contributed by atoms with Crippen molar-refractivity contribution in [3.63, 3.8) is 0 Å². The maximum atomic E-state index is 10.9. The van der Waals surface area contributed by atoms with Crippen LogP contribution in [-0.2, 0) is 4.74 Å². The van der Waals surface area contributed by atoms with Gasteiger partial charge in [0, 0.05) is 6.54 Å². The van der Waals surface area contributed by atoms with Gasteiger partial charge in [0.1, 0.15) is 0 Å². The molecular weight excluding hydrogens is 242 g/mol. The van der Waals surface area contributed by atoms with Crippen molar-refractivity contribution in [3.05, 3.63) is 35.9 Å². The van der Waals surface area contributed by atoms with E-state index >= 15 is 0 Å². The van der Waals surface area contributed by atoms with Crippen molar-refractivity contribution in [1.29, 1.82) is 0 Å². The predicted molar refractivity (Wildman–Crippen MR) is 77.0 cm³/mol. The van der Waals surface area contributed by atoms with Crippen LogP contribution < -0.4 is 5.32 Å². The molecule has 4 heteroatoms. The summed E-state index contributed by atoms with van der Waals surface area (Å²) in [5.74, 6) is 0. The topological polar surface area (TPSA) is 58.6 Å². The first-order valence-corrected chi connectivity index (χ1v) is 6.79. The maximum absolute atomic E-state index is 10.9. The highest BCUT2D eigenvalue weighted by atomic mass is 16.5. The molecule has 1 atom stereocenters. The third-order valence-corrected chi connectivity index (χ3v) is 2.15. The molecule has 0 radical (unpaired) electrons. The maximum Gasteiger partial charge on any atom is 0.407 e. The van der Waals surface area contributed by atoms with Crippen molar-refractivity contribution in [2.24, 2.45) is 0 Å². The number of alkyl carbamates (subject to hydrolysis) is 1. The van der Waals surface area contributed by atoms with Crippen LogP contribution in [0.2, 0.25) is 0 Å². The summed E-state index contributed by atoms with van der Waals surface area (Å²) in [6.45, 7) is 6.75. The first-order chi connectivity index (χ1) is 9.15. The highest BCUT2D eigenvalue weighted by molar-refractivity contribution is 5.66. The Morgan fingerprint density at radius 1 is 1.26 bits per heavy atom. The van der Waals surface area contributed by atoms with Crippen LogP contribution in [0, 0.1) is 0 Å². The molecule has 108 valence electrons. The van der Waals surface area contributed by atoms with Crippen LogP contribution >= 0.6 is 0 Å². The van der Waals surface area contributed by atoms with Crippen molar-refractivity contribution < 1.29 is 14.6 Å². The number of hydrogen-bond acceptors (Lipinski definition) is 3. The molecule has 1 aromatic rings. The van der Waals surface area contributed by atoms with E-state index in [-0.39, 0.29) is 0 Å². The van der Waals surface area contributed by atoms with Gasteiger partial charge in [-0.15, -0.1) is 0 Å². The minimum Gasteiger partial charge on any atom is -0.450 e. The average molecular weight is 267 g/mol. The van der Waals surface area contributed by atoms with Crippen LogP contribution in [-0.4, -0.2) is 24.4 Å². The predicted octanol–water partition coefficient (Wildman–Crippen LogP) is 3.27. The lowest BCUT2D eigenvalue weighted by Gasteiger charge is -2.11. The summed E-state index contributed by atoms with van der Waals surface area (Å²) in [5, 5.41) is 12.3. The quantitative estimate of drug-likeness (QED) is 0.860. The second kappa shape index (κ2) is 11.5. The smallest absolute Gasteiger partial charge is 0.407 e. The fraction of sp³-hybridized carbons (Fsp3) is 0.533. The van der Waals surface area contributed by atoms with Crippen molar-refractivity contribution in [3.8, 4) is 0 Å². The zero-order valence-electron chi connectivity index (χ0n) is 12.1. The molecule has 0 fully saturated rings. The Kier molecular flexibility index (Phi) is 10.6. The molecule has 0 heterocycles. The minimum absolute atomic E-state index is 0.354. The van der Waals surface area contributed by atoms with Gasteiger partial charge >= 0.3 is 6.09 Å². The SMILES string of the molecule is CCC.CCOC(=O)NCCC(O)c1ccccc1. The lowest BCUT2D eigenvalue weighted by atomic mass is 10.1. The molecule has 1 amide bonds. The normalized spacial score (nSPS) is 10.9. The molecule has 1 rings (SSSR count). The van der Waals surface area contributed by atoms with Crippen LogP contribution in [0.25, 0.3) is 0 Å². The lowest BCUT2D eigenvalue weighted by Crippen LogP contribution is -2.26. The van der Waals surface area contributed by atoms with Crippen LogP contribution in [0.15, 0.2) is 30.3 Å². The molecular formula is C15H25NO3. The molecule has 1 aromatic carbocycles. The summed E-state index contributed by atoms with van der Waals surface area (Å²) in [5.41, 5.74) is 0.855. The Morgan fingerprint density at radius 2 is 1.84 bits per heavy atom. The summed E-state index contributed by atoms with van der Waals surface area (Å²) in [7, 11) is 0. The van der Waals surface area contributed by atoms with Gasteiger partial charge in [0.05, 0.1) is 12.7 Å². The number of rotatable bonds is 5. The fourth-order valence-corrected chi connectivity index (χ4v) is 1.33. The van der Waals surface area contributed by atoms with Gasteiger partial charge in [-0.05, 0) is 18.9 Å². The van der Waals surface area contributed by atoms with Crippen molar-refractivity contribution in [2.45, 2.75) is 39.7 Å². The van der Waals surface area contributed by atoms with Gasteiger partial charge in [-0.3, -0.25) is 0 Å². The summed E-state index contributed by atoms with van der Waals surface area (Å²) in [6, 6.07) is 9.35. The number of carbonyl (C=O) groups is 1. The molecule has 0 aromatic heterocycles. The van der Waals surface area contributed by atoms with Gasteiger partial charge in [0.25, 0.3) is 0 Å². The number of carbonyl (C=O) groups excluding carboxylic acids is 1. The molecule has 0 saturated carbocycles. The van der Waals surface area contributed by atoms with Gasteiger partial charge in [0.15, 0.2) is 0 Å². The highest BCUT2D eigenvalue weighted by Crippen LogP contribution is 2.14. The highest BCUT2D eigenvalue weighted by Gasteiger charge is 2.07. The Balaban J connectivity index is 0.000000982. The van der Waals surface area contributed by atoms with E-state index in [1.165, 1.54) is 6.42 Å². The van der Waals surface area contributed by atoms with Crippen LogP contribution in [0.4, 0.5) is 4.79 Å². The molecule has 1 unspecified atom stereocenters. The van der Waals surface area contributed by atoms with Gasteiger partial charge < -0.3 is 15.2 Å². The summed E-state index contributed by atoms with van der Waals surface area (Å²) < 4.78 is 4.70. The van der Waals surface area contributed by atoms with E-state index in [0.717, 1.165) is 5.56 Å². The van der Waals surface area contributed by atoms with E-state index in [1.807, 2.05) is 30.3 Å². The zero-order valence-corrected chi connectivity index (χ0v) is 12.1. The van der Waals surface area contributed by atoms with E-state index in [0.29, 0.717) is 19.6 Å². The molecule has 0 spiro atoms. The van der Waals surface area contributed by atoms with Gasteiger partial charge in [-0.25, -0.2) is 4.79 Å². The summed E-state index contributed by atoms with van der Waals surface area (Å²) in [4.78, 5) is 10.9. The lowest BCUT2D eigenvalue weighted by molar-refractivity contribution is 0.143. The second-order valence-corrected chi connectivity index (χ2v) is 4.07. The van der Waals surface area contributed by atoms with Crippen molar-refractivity contribution in [2.75, 3.05) is 13.2 Å². The zero-order chi connectivity index (χ0) is 14.5. The van der Waals surface area contributed by atoms with E-state index in [1.54, 1.807) is 6.92 Å². The minimum atomic E-state index is -0.553. The fourth-order valence-electron chi connectivity index (χ4n) is 1.33. The standard InChI is InChI=1S/C12H17NO3.C3H8/c1-2-16-12(15)13-9-8-11(14)10-6-4-3-5-7-10;1-3-2/h3-7,11,14H,2,8-9H2,1H3,(H,13,15);3H2,1-2H3. The van der Waals surface area contributed by atoms with Gasteiger partial charge in [-0.2, -0.15) is 0 Å². The molecule has 0 bridgehead atoms. The number of ether oxygens (including phenoxy) is 1. The molecule has 0 saturated heterocycles. The molecule has 0 aliphatic rings. The number of aliphatic hydroxyl groups excluding tert-OH is 1. The third kappa shape index (κ3) is 9.08. The second-order valence-electron chi connectivity index (χ2n) is 4.07. The Labute approximate surface area is 115 Å². The van der Waals surface area contributed by atoms with E-state index in [9.17, 15) is 9.90 Å². The van der Waals surface area contributed by atoms with Crippen LogP contribution in [0.1, 0.15) is 45.3 Å².